The number of ether oxygens (including phenoxy) is 1. The highest BCUT2D eigenvalue weighted by Crippen LogP contribution is 2.31. The standard InChI is InChI=1S/C15H17N3O2/c1-20-15(19)12-6-3-7-18-9-13(17-14(12)18)10-4-2-5-11(16)8-10/h2,4-5,8-9,12H,3,6-7,16H2,1H3. The number of nitrogen functional groups attached to an aromatic ring is 1. The number of anilines is 1. The first-order valence-corrected chi connectivity index (χ1v) is 6.70. The molecule has 20 heavy (non-hydrogen) atoms. The average Bonchev–Trinajstić information content (AvgIpc) is 2.90. The number of imidazole rings is 1. The van der Waals surface area contributed by atoms with Gasteiger partial charge in [-0.25, -0.2) is 4.98 Å². The van der Waals surface area contributed by atoms with Crippen molar-refractivity contribution in [2.45, 2.75) is 25.3 Å². The Hall–Kier alpha value is -2.30. The second kappa shape index (κ2) is 5.00. The lowest BCUT2D eigenvalue weighted by Crippen LogP contribution is -2.23. The van der Waals surface area contributed by atoms with Crippen LogP contribution in [0.15, 0.2) is 30.5 Å². The third kappa shape index (κ3) is 2.15. The van der Waals surface area contributed by atoms with E-state index in [2.05, 4.69) is 4.98 Å². The SMILES string of the molecule is COC(=O)C1CCCn2cc(-c3cccc(N)c3)nc21. The van der Waals surface area contributed by atoms with Crippen molar-refractivity contribution in [3.63, 3.8) is 0 Å². The number of methoxy groups -OCH3 is 1. The van der Waals surface area contributed by atoms with Crippen LogP contribution in [0.3, 0.4) is 0 Å². The van der Waals surface area contributed by atoms with Crippen LogP contribution >= 0.6 is 0 Å². The molecule has 5 heteroatoms. The lowest BCUT2D eigenvalue weighted by Gasteiger charge is -2.20. The van der Waals surface area contributed by atoms with Crippen molar-refractivity contribution in [2.75, 3.05) is 12.8 Å². The molecule has 2 N–H and O–H groups in total. The van der Waals surface area contributed by atoms with Crippen LogP contribution in [0.5, 0.6) is 0 Å². The lowest BCUT2D eigenvalue weighted by molar-refractivity contribution is -0.143. The summed E-state index contributed by atoms with van der Waals surface area (Å²) in [7, 11) is 1.42. The minimum atomic E-state index is -0.261. The molecule has 0 saturated heterocycles. The summed E-state index contributed by atoms with van der Waals surface area (Å²) in [4.78, 5) is 16.5. The zero-order chi connectivity index (χ0) is 14.1. The first-order chi connectivity index (χ1) is 9.69. The van der Waals surface area contributed by atoms with Gasteiger partial charge in [-0.15, -0.1) is 0 Å². The molecule has 1 aromatic carbocycles. The molecule has 0 amide bonds. The monoisotopic (exact) mass is 271 g/mol. The third-order valence-electron chi connectivity index (χ3n) is 3.68. The van der Waals surface area contributed by atoms with Gasteiger partial charge < -0.3 is 15.0 Å². The first-order valence-electron chi connectivity index (χ1n) is 6.70. The van der Waals surface area contributed by atoms with E-state index in [-0.39, 0.29) is 11.9 Å². The van der Waals surface area contributed by atoms with E-state index in [0.717, 1.165) is 36.5 Å². The van der Waals surface area contributed by atoms with E-state index >= 15 is 0 Å². The predicted octanol–water partition coefficient (Wildman–Crippen LogP) is 2.18. The summed E-state index contributed by atoms with van der Waals surface area (Å²) in [5, 5.41) is 0. The van der Waals surface area contributed by atoms with Gasteiger partial charge in [0.05, 0.1) is 12.8 Å². The van der Waals surface area contributed by atoms with Crippen LogP contribution < -0.4 is 5.73 Å². The smallest absolute Gasteiger partial charge is 0.316 e. The van der Waals surface area contributed by atoms with Crippen LogP contribution in [0.25, 0.3) is 11.3 Å². The molecule has 0 fully saturated rings. The zero-order valence-corrected chi connectivity index (χ0v) is 11.4. The molecule has 3 rings (SSSR count). The van der Waals surface area contributed by atoms with E-state index in [0.29, 0.717) is 5.69 Å². The number of nitrogens with two attached hydrogens (primary N) is 1. The maximum absolute atomic E-state index is 11.8. The summed E-state index contributed by atoms with van der Waals surface area (Å²) in [6, 6.07) is 7.61. The highest BCUT2D eigenvalue weighted by Gasteiger charge is 2.29. The van der Waals surface area contributed by atoms with Gasteiger partial charge in [-0.1, -0.05) is 12.1 Å². The Labute approximate surface area is 117 Å². The highest BCUT2D eigenvalue weighted by atomic mass is 16.5. The van der Waals surface area contributed by atoms with Crippen molar-refractivity contribution in [3.8, 4) is 11.3 Å². The summed E-state index contributed by atoms with van der Waals surface area (Å²) in [6.07, 6.45) is 3.73. The minimum absolute atomic E-state index is 0.212. The number of nitrogens with zero attached hydrogens (tertiary/aromatic N) is 2. The van der Waals surface area contributed by atoms with E-state index in [9.17, 15) is 4.79 Å². The maximum atomic E-state index is 11.8. The van der Waals surface area contributed by atoms with Crippen molar-refractivity contribution in [3.05, 3.63) is 36.3 Å². The van der Waals surface area contributed by atoms with Gasteiger partial charge in [0.2, 0.25) is 0 Å². The van der Waals surface area contributed by atoms with Crippen LogP contribution in [0.4, 0.5) is 5.69 Å². The lowest BCUT2D eigenvalue weighted by atomic mass is 9.99. The van der Waals surface area contributed by atoms with Crippen LogP contribution in [-0.4, -0.2) is 22.6 Å². The van der Waals surface area contributed by atoms with E-state index in [4.69, 9.17) is 10.5 Å². The van der Waals surface area contributed by atoms with Gasteiger partial charge in [-0.3, -0.25) is 4.79 Å². The molecular formula is C15H17N3O2. The van der Waals surface area contributed by atoms with Gasteiger partial charge in [0.15, 0.2) is 0 Å². The molecule has 0 saturated carbocycles. The molecule has 1 aliphatic rings. The van der Waals surface area contributed by atoms with E-state index < -0.39 is 0 Å². The fourth-order valence-electron chi connectivity index (χ4n) is 2.68. The molecule has 1 aliphatic heterocycles. The normalized spacial score (nSPS) is 17.6. The quantitative estimate of drug-likeness (QED) is 0.671. The molecule has 0 radical (unpaired) electrons. The molecule has 2 aromatic rings. The van der Waals surface area contributed by atoms with Gasteiger partial charge >= 0.3 is 5.97 Å². The molecule has 1 aromatic heterocycles. The Morgan fingerprint density at radius 2 is 2.35 bits per heavy atom. The van der Waals surface area contributed by atoms with Gasteiger partial charge in [0.1, 0.15) is 11.7 Å². The maximum Gasteiger partial charge on any atom is 0.316 e. The molecule has 0 spiro atoms. The Kier molecular flexibility index (Phi) is 3.18. The Bertz CT molecular complexity index is 648. The summed E-state index contributed by atoms with van der Waals surface area (Å²) in [5.74, 6) is 0.319. The number of carbonyl (C=O) groups excluding carboxylic acids is 1. The fraction of sp³-hybridized carbons (Fsp3) is 0.333. The zero-order valence-electron chi connectivity index (χ0n) is 11.4. The molecule has 1 unspecified atom stereocenters. The summed E-state index contributed by atoms with van der Waals surface area (Å²) >= 11 is 0. The number of hydrogen-bond donors (Lipinski definition) is 1. The number of hydrogen-bond acceptors (Lipinski definition) is 4. The number of carbonyl (C=O) groups is 1. The van der Waals surface area contributed by atoms with Crippen molar-refractivity contribution >= 4 is 11.7 Å². The number of benzene rings is 1. The summed E-state index contributed by atoms with van der Waals surface area (Å²) < 4.78 is 6.91. The van der Waals surface area contributed by atoms with Crippen molar-refractivity contribution in [1.82, 2.24) is 9.55 Å². The Morgan fingerprint density at radius 1 is 1.50 bits per heavy atom. The Balaban J connectivity index is 2.01. The van der Waals surface area contributed by atoms with Crippen LogP contribution in [-0.2, 0) is 16.1 Å². The second-order valence-corrected chi connectivity index (χ2v) is 5.02. The van der Waals surface area contributed by atoms with Crippen molar-refractivity contribution < 1.29 is 9.53 Å². The van der Waals surface area contributed by atoms with E-state index in [1.165, 1.54) is 7.11 Å². The second-order valence-electron chi connectivity index (χ2n) is 5.02. The molecule has 1 atom stereocenters. The number of esters is 1. The van der Waals surface area contributed by atoms with Crippen LogP contribution in [0, 0.1) is 0 Å². The van der Waals surface area contributed by atoms with Gasteiger partial charge in [-0.2, -0.15) is 0 Å². The van der Waals surface area contributed by atoms with Gasteiger partial charge in [0.25, 0.3) is 0 Å². The minimum Gasteiger partial charge on any atom is -0.468 e. The average molecular weight is 271 g/mol. The number of aryl methyl sites for hydroxylation is 1. The molecule has 0 aliphatic carbocycles. The Morgan fingerprint density at radius 3 is 3.10 bits per heavy atom. The number of rotatable bonds is 2. The van der Waals surface area contributed by atoms with Crippen molar-refractivity contribution in [1.29, 1.82) is 0 Å². The predicted molar refractivity (Wildman–Crippen MR) is 76.1 cm³/mol. The largest absolute Gasteiger partial charge is 0.468 e. The number of aromatic nitrogens is 2. The molecule has 2 heterocycles. The highest BCUT2D eigenvalue weighted by molar-refractivity contribution is 5.77. The molecule has 104 valence electrons. The summed E-state index contributed by atoms with van der Waals surface area (Å²) in [5.41, 5.74) is 8.33. The topological polar surface area (TPSA) is 70.1 Å². The molecule has 5 nitrogen and oxygen atoms in total. The van der Waals surface area contributed by atoms with Gasteiger partial charge in [0, 0.05) is 24.0 Å². The molecule has 0 bridgehead atoms. The van der Waals surface area contributed by atoms with Gasteiger partial charge in [-0.05, 0) is 25.0 Å². The van der Waals surface area contributed by atoms with Crippen LogP contribution in [0.1, 0.15) is 24.6 Å². The number of fused-ring (bicyclic) bond motifs is 1. The van der Waals surface area contributed by atoms with E-state index in [1.54, 1.807) is 0 Å². The summed E-state index contributed by atoms with van der Waals surface area (Å²) in [6.45, 7) is 0.887. The van der Waals surface area contributed by atoms with Crippen LogP contribution in [0.2, 0.25) is 0 Å². The first kappa shape index (κ1) is 12.7. The molecular weight excluding hydrogens is 254 g/mol. The van der Waals surface area contributed by atoms with Crippen molar-refractivity contribution in [2.24, 2.45) is 0 Å². The third-order valence-corrected chi connectivity index (χ3v) is 3.68. The fourth-order valence-corrected chi connectivity index (χ4v) is 2.68. The van der Waals surface area contributed by atoms with E-state index in [1.807, 2.05) is 35.0 Å².